The molecule has 14 rings (SSSR count). The summed E-state index contributed by atoms with van der Waals surface area (Å²) >= 11 is 0. The molecule has 11 aromatic rings. The molecular formula is C86H102N16O7. The number of carbonyl (C=O) groups is 3. The van der Waals surface area contributed by atoms with Crippen LogP contribution in [0.1, 0.15) is 185 Å². The molecule has 109 heavy (non-hydrogen) atoms. The first-order valence-corrected chi connectivity index (χ1v) is 38.4. The van der Waals surface area contributed by atoms with Gasteiger partial charge in [0.2, 0.25) is 0 Å². The van der Waals surface area contributed by atoms with Crippen molar-refractivity contribution in [2.45, 2.75) is 165 Å². The molecule has 568 valence electrons. The molecule has 6 N–H and O–H groups in total. The van der Waals surface area contributed by atoms with Crippen LogP contribution < -0.4 is 37.5 Å². The molecule has 1 aliphatic carbocycles. The summed E-state index contributed by atoms with van der Waals surface area (Å²) in [5.74, 6) is 0.213. The number of anilines is 1. The summed E-state index contributed by atoms with van der Waals surface area (Å²) in [4.78, 5) is 102. The second kappa shape index (κ2) is 34.9. The average molecular weight is 1470 g/mol. The van der Waals surface area contributed by atoms with E-state index in [1.807, 2.05) is 106 Å². The number of amides is 3. The third kappa shape index (κ3) is 17.9. The van der Waals surface area contributed by atoms with Crippen LogP contribution >= 0.6 is 0 Å². The van der Waals surface area contributed by atoms with Gasteiger partial charge in [-0.25, -0.2) is 9.83 Å². The van der Waals surface area contributed by atoms with Gasteiger partial charge in [0.1, 0.15) is 5.82 Å². The Morgan fingerprint density at radius 2 is 1.15 bits per heavy atom. The molecule has 23 nitrogen and oxygen atoms in total. The highest BCUT2D eigenvalue weighted by Gasteiger charge is 2.26. The van der Waals surface area contributed by atoms with Crippen LogP contribution in [-0.2, 0) is 37.3 Å². The number of H-pyrrole nitrogens is 3. The highest BCUT2D eigenvalue weighted by Crippen LogP contribution is 2.37. The lowest BCUT2D eigenvalue weighted by atomic mass is 9.98. The van der Waals surface area contributed by atoms with E-state index < -0.39 is 0 Å². The van der Waals surface area contributed by atoms with Gasteiger partial charge in [0.05, 0.1) is 60.4 Å². The number of nitrogens with one attached hydrogen (secondary N) is 6. The Balaban J connectivity index is 0.000000155. The van der Waals surface area contributed by atoms with E-state index in [9.17, 15) is 28.8 Å². The molecule has 0 unspecified atom stereocenters. The number of ether oxygens (including phenoxy) is 1. The summed E-state index contributed by atoms with van der Waals surface area (Å²) in [6.07, 6.45) is 15.7. The molecule has 3 aliphatic rings. The van der Waals surface area contributed by atoms with Gasteiger partial charge in [0.25, 0.3) is 34.4 Å². The van der Waals surface area contributed by atoms with Gasteiger partial charge in [-0.05, 0) is 205 Å². The predicted molar refractivity (Wildman–Crippen MR) is 432 cm³/mol. The van der Waals surface area contributed by atoms with Crippen LogP contribution in [0.25, 0.3) is 59.8 Å². The van der Waals surface area contributed by atoms with Gasteiger partial charge in [0.15, 0.2) is 5.69 Å². The zero-order valence-electron chi connectivity index (χ0n) is 64.8. The van der Waals surface area contributed by atoms with Crippen LogP contribution in [0.2, 0.25) is 0 Å². The Bertz CT molecular complexity index is 5360. The van der Waals surface area contributed by atoms with Gasteiger partial charge < -0.3 is 50.0 Å². The van der Waals surface area contributed by atoms with Crippen LogP contribution in [0.15, 0.2) is 136 Å². The van der Waals surface area contributed by atoms with Gasteiger partial charge in [-0.2, -0.15) is 10.2 Å². The zero-order chi connectivity index (χ0) is 77.2. The van der Waals surface area contributed by atoms with Crippen molar-refractivity contribution in [3.05, 3.63) is 237 Å². The normalized spacial score (nSPS) is 14.3. The molecule has 1 saturated carbocycles. The van der Waals surface area contributed by atoms with E-state index in [4.69, 9.17) is 16.4 Å². The SMILES string of the molecule is CCCc1cc(C)[nH]c(=O)c1CNC(=O)c1cc(-c2ccnc(N3CCN(C)CC3)c2)cc2c1cnn2C(C)C.Cc1cc(C)c(CNC(=O)c2cc(-c3ccc(CN4CCOCC4)cc3)cc3c2cnn3C2CCCC2)c(=O)[nH]1.[C-]#[N+]c1cc(C(=O)NCc2c(C)cc(C)[nH]c2=O)c2ccn(C(CC)CC)c2c1. The molecule has 4 aromatic carbocycles. The minimum atomic E-state index is -0.290. The van der Waals surface area contributed by atoms with Crippen LogP contribution in [0.4, 0.5) is 11.5 Å². The Labute approximate surface area is 636 Å². The number of rotatable bonds is 21. The quantitative estimate of drug-likeness (QED) is 0.0366. The van der Waals surface area contributed by atoms with Crippen molar-refractivity contribution >= 4 is 61.9 Å². The van der Waals surface area contributed by atoms with Crippen molar-refractivity contribution in [2.75, 3.05) is 64.4 Å². The van der Waals surface area contributed by atoms with Gasteiger partial charge >= 0.3 is 0 Å². The number of benzene rings is 4. The third-order valence-electron chi connectivity index (χ3n) is 21.5. The topological polar surface area (TPSA) is 263 Å². The van der Waals surface area contributed by atoms with E-state index in [2.05, 4.69) is 154 Å². The van der Waals surface area contributed by atoms with Crippen molar-refractivity contribution in [1.82, 2.24) is 69.8 Å². The minimum absolute atomic E-state index is 0.129. The number of hydrogen-bond donors (Lipinski definition) is 6. The molecule has 0 atom stereocenters. The lowest BCUT2D eigenvalue weighted by Gasteiger charge is -2.33. The number of pyridine rings is 4. The summed E-state index contributed by atoms with van der Waals surface area (Å²) in [6.45, 7) is 36.0. The summed E-state index contributed by atoms with van der Waals surface area (Å²) in [5, 5.41) is 20.7. The van der Waals surface area contributed by atoms with Gasteiger partial charge in [-0.1, -0.05) is 64.3 Å². The lowest BCUT2D eigenvalue weighted by molar-refractivity contribution is 0.0342. The van der Waals surface area contributed by atoms with E-state index in [1.54, 1.807) is 12.3 Å². The van der Waals surface area contributed by atoms with E-state index in [1.165, 1.54) is 18.4 Å². The Morgan fingerprint density at radius 3 is 1.72 bits per heavy atom. The first-order chi connectivity index (χ1) is 52.6. The molecule has 2 saturated heterocycles. The number of aryl methyl sites for hydroxylation is 6. The van der Waals surface area contributed by atoms with Crippen molar-refractivity contribution in [1.29, 1.82) is 0 Å². The number of hydrogen-bond acceptors (Lipinski definition) is 13. The average Bonchev–Trinajstić information content (AvgIpc) is 1.50. The molecular weight excluding hydrogens is 1370 g/mol. The monoisotopic (exact) mass is 1470 g/mol. The number of piperazine rings is 1. The fourth-order valence-corrected chi connectivity index (χ4v) is 15.4. The molecule has 3 fully saturated rings. The van der Waals surface area contributed by atoms with Gasteiger partial charge in [0, 0.05) is 151 Å². The maximum atomic E-state index is 13.7. The maximum Gasteiger partial charge on any atom is 0.253 e. The second-order valence-corrected chi connectivity index (χ2v) is 29.6. The van der Waals surface area contributed by atoms with E-state index in [0.717, 1.165) is 192 Å². The smallest absolute Gasteiger partial charge is 0.253 e. The van der Waals surface area contributed by atoms with Crippen LogP contribution in [0.5, 0.6) is 0 Å². The predicted octanol–water partition coefficient (Wildman–Crippen LogP) is 14.0. The largest absolute Gasteiger partial charge is 0.379 e. The van der Waals surface area contributed by atoms with E-state index in [0.29, 0.717) is 51.2 Å². The molecule has 9 heterocycles. The van der Waals surface area contributed by atoms with Crippen LogP contribution in [-0.4, -0.2) is 131 Å². The molecule has 3 amide bonds. The number of morpholine rings is 1. The summed E-state index contributed by atoms with van der Waals surface area (Å²) in [5.41, 5.74) is 16.3. The first kappa shape index (κ1) is 77.6. The number of aromatic nitrogens is 9. The minimum Gasteiger partial charge on any atom is -0.379 e. The fourth-order valence-electron chi connectivity index (χ4n) is 15.4. The Kier molecular flexibility index (Phi) is 24.8. The molecule has 23 heteroatoms. The summed E-state index contributed by atoms with van der Waals surface area (Å²) < 4.78 is 11.7. The fraction of sp³-hybridized carbons (Fsp3) is 0.395. The standard InChI is InChI=1S/C32H37N5O3.C31H39N7O2.C23H26N4O2/c1-21-15-22(2)35-32(39)28(21)18-33-31(38)27-16-25(17-30-29(27)19-34-37(30)26-5-3-4-6-26)24-9-7-23(8-10-24)20-36-11-13-40-14-12-36;1-6-7-23-14-21(4)35-31(40)26(23)18-33-30(39)25-15-24(16-28-27(25)19-34-38(28)20(2)3)22-8-9-32-29(17-22)37-12-10-36(5)11-13-37;1-6-17(7-2)27-9-8-18-19(11-16(24-5)12-21(18)27)22(28)25-13-20-14(3)10-15(4)26-23(20)29/h7-10,15-17,19,26H,3-6,11-14,18,20H2,1-2H3,(H,33,38)(H,35,39);8-9,14-17,19-20H,6-7,10-13,18H2,1-5H3,(H,33,39)(H,35,40);8-12,17H,6-7,13H2,1-4H3,(H,25,28)(H,26,29). The van der Waals surface area contributed by atoms with E-state index in [-0.39, 0.29) is 60.1 Å². The molecule has 0 bridgehead atoms. The number of aromatic amines is 3. The number of fused-ring (bicyclic) bond motifs is 3. The number of nitrogens with zero attached hydrogens (tertiary/aromatic N) is 10. The van der Waals surface area contributed by atoms with Gasteiger partial charge in [-0.15, -0.1) is 0 Å². The van der Waals surface area contributed by atoms with Crippen molar-refractivity contribution < 1.29 is 19.1 Å². The van der Waals surface area contributed by atoms with E-state index >= 15 is 0 Å². The Hall–Kier alpha value is -11.1. The van der Waals surface area contributed by atoms with Crippen molar-refractivity contribution in [2.24, 2.45) is 0 Å². The number of likely N-dealkylation sites (N-methyl/N-ethyl adjacent to an activating group) is 1. The second-order valence-electron chi connectivity index (χ2n) is 29.6. The third-order valence-corrected chi connectivity index (χ3v) is 21.5. The van der Waals surface area contributed by atoms with Gasteiger partial charge in [-0.3, -0.25) is 43.0 Å². The highest BCUT2D eigenvalue weighted by atomic mass is 16.5. The van der Waals surface area contributed by atoms with Crippen LogP contribution in [0.3, 0.4) is 0 Å². The van der Waals surface area contributed by atoms with Crippen molar-refractivity contribution in [3.8, 4) is 22.3 Å². The molecule has 7 aromatic heterocycles. The van der Waals surface area contributed by atoms with Crippen LogP contribution in [0, 0.1) is 41.2 Å². The molecule has 0 spiro atoms. The highest BCUT2D eigenvalue weighted by molar-refractivity contribution is 6.10. The molecule has 2 aliphatic heterocycles. The molecule has 0 radical (unpaired) electrons. The maximum absolute atomic E-state index is 13.7. The first-order valence-electron chi connectivity index (χ1n) is 38.4. The zero-order valence-corrected chi connectivity index (χ0v) is 64.8. The number of carbonyl (C=O) groups excluding carboxylic acids is 3. The Morgan fingerprint density at radius 1 is 0.596 bits per heavy atom. The lowest BCUT2D eigenvalue weighted by Crippen LogP contribution is -2.44. The van der Waals surface area contributed by atoms with Crippen molar-refractivity contribution in [3.63, 3.8) is 0 Å². The summed E-state index contributed by atoms with van der Waals surface area (Å²) in [7, 11) is 2.14. The summed E-state index contributed by atoms with van der Waals surface area (Å²) in [6, 6.07) is 32.9.